The third-order valence-electron chi connectivity index (χ3n) is 2.79. The topological polar surface area (TPSA) is 92.5 Å². The molecule has 0 atom stereocenters. The van der Waals surface area contributed by atoms with E-state index >= 15 is 0 Å². The van der Waals surface area contributed by atoms with Crippen LogP contribution in [0.15, 0.2) is 42.5 Å². The number of aliphatic hydroxyl groups is 1. The van der Waals surface area contributed by atoms with E-state index in [0.29, 0.717) is 11.3 Å². The number of amides is 1. The molecule has 2 aromatic carbocycles. The van der Waals surface area contributed by atoms with Crippen molar-refractivity contribution in [3.8, 4) is 0 Å². The summed E-state index contributed by atoms with van der Waals surface area (Å²) in [6.45, 7) is -0.230. The Morgan fingerprint density at radius 1 is 1.29 bits per heavy atom. The van der Waals surface area contributed by atoms with Gasteiger partial charge in [0.2, 0.25) is 0 Å². The molecule has 0 aliphatic heterocycles. The first kappa shape index (κ1) is 15.0. The van der Waals surface area contributed by atoms with Crippen LogP contribution in [0.1, 0.15) is 15.9 Å². The largest absolute Gasteiger partial charge is 0.392 e. The highest BCUT2D eigenvalue weighted by Crippen LogP contribution is 2.22. The summed E-state index contributed by atoms with van der Waals surface area (Å²) in [6.07, 6.45) is 0. The molecule has 2 N–H and O–H groups in total. The molecule has 1 amide bonds. The molecular formula is C14H11ClN2O4. The van der Waals surface area contributed by atoms with E-state index < -0.39 is 10.8 Å². The molecule has 7 heteroatoms. The van der Waals surface area contributed by atoms with Gasteiger partial charge in [-0.3, -0.25) is 14.9 Å². The fourth-order valence-electron chi connectivity index (χ4n) is 1.79. The summed E-state index contributed by atoms with van der Waals surface area (Å²) in [5.74, 6) is -0.540. The number of aliphatic hydroxyl groups excluding tert-OH is 1. The van der Waals surface area contributed by atoms with E-state index in [4.69, 9.17) is 11.6 Å². The van der Waals surface area contributed by atoms with Crippen molar-refractivity contribution in [2.45, 2.75) is 6.61 Å². The van der Waals surface area contributed by atoms with Gasteiger partial charge in [0, 0.05) is 34.0 Å². The van der Waals surface area contributed by atoms with Crippen molar-refractivity contribution in [1.82, 2.24) is 0 Å². The lowest BCUT2D eigenvalue weighted by Crippen LogP contribution is -2.13. The predicted molar refractivity (Wildman–Crippen MR) is 78.4 cm³/mol. The Kier molecular flexibility index (Phi) is 4.52. The zero-order valence-electron chi connectivity index (χ0n) is 10.7. The molecular weight excluding hydrogens is 296 g/mol. The van der Waals surface area contributed by atoms with Gasteiger partial charge in [0.25, 0.3) is 11.6 Å². The summed E-state index contributed by atoms with van der Waals surface area (Å²) >= 11 is 5.78. The lowest BCUT2D eigenvalue weighted by molar-refractivity contribution is -0.384. The molecule has 2 aromatic rings. The number of nitro groups is 1. The van der Waals surface area contributed by atoms with Gasteiger partial charge < -0.3 is 10.4 Å². The molecule has 0 radical (unpaired) electrons. The van der Waals surface area contributed by atoms with Crippen molar-refractivity contribution in [2.75, 3.05) is 5.32 Å². The number of para-hydroxylation sites is 1. The highest BCUT2D eigenvalue weighted by atomic mass is 35.5. The number of halogens is 1. The quantitative estimate of drug-likeness (QED) is 0.671. The maximum absolute atomic E-state index is 12.1. The van der Waals surface area contributed by atoms with E-state index in [2.05, 4.69) is 5.32 Å². The zero-order valence-corrected chi connectivity index (χ0v) is 11.5. The SMILES string of the molecule is O=C(Nc1ccccc1CO)c1cc(Cl)cc([N+](=O)[O-])c1. The summed E-state index contributed by atoms with van der Waals surface area (Å²) in [5, 5.41) is 22.7. The Bertz CT molecular complexity index is 703. The summed E-state index contributed by atoms with van der Waals surface area (Å²) < 4.78 is 0. The molecule has 2 rings (SSSR count). The van der Waals surface area contributed by atoms with Gasteiger partial charge >= 0.3 is 0 Å². The van der Waals surface area contributed by atoms with Gasteiger partial charge in [-0.05, 0) is 12.1 Å². The summed E-state index contributed by atoms with van der Waals surface area (Å²) in [7, 11) is 0. The first-order chi connectivity index (χ1) is 10.0. The second-order valence-corrected chi connectivity index (χ2v) is 4.66. The van der Waals surface area contributed by atoms with Crippen molar-refractivity contribution < 1.29 is 14.8 Å². The molecule has 0 aliphatic carbocycles. The Morgan fingerprint density at radius 3 is 2.67 bits per heavy atom. The fraction of sp³-hybridized carbons (Fsp3) is 0.0714. The molecule has 0 spiro atoms. The zero-order chi connectivity index (χ0) is 15.4. The van der Waals surface area contributed by atoms with Gasteiger partial charge in [-0.2, -0.15) is 0 Å². The number of rotatable bonds is 4. The molecule has 0 fully saturated rings. The number of carbonyl (C=O) groups is 1. The summed E-state index contributed by atoms with van der Waals surface area (Å²) in [4.78, 5) is 22.3. The Hall–Kier alpha value is -2.44. The van der Waals surface area contributed by atoms with Gasteiger partial charge in [0.15, 0.2) is 0 Å². The first-order valence-electron chi connectivity index (χ1n) is 5.96. The van der Waals surface area contributed by atoms with E-state index in [-0.39, 0.29) is 22.9 Å². The highest BCUT2D eigenvalue weighted by molar-refractivity contribution is 6.31. The Balaban J connectivity index is 2.30. The van der Waals surface area contributed by atoms with Crippen LogP contribution in [0.2, 0.25) is 5.02 Å². The molecule has 0 saturated heterocycles. The monoisotopic (exact) mass is 306 g/mol. The number of hydrogen-bond acceptors (Lipinski definition) is 4. The number of anilines is 1. The van der Waals surface area contributed by atoms with Gasteiger partial charge in [-0.25, -0.2) is 0 Å². The van der Waals surface area contributed by atoms with E-state index in [1.165, 1.54) is 12.1 Å². The number of benzene rings is 2. The third-order valence-corrected chi connectivity index (χ3v) is 3.01. The van der Waals surface area contributed by atoms with Gasteiger partial charge in [0.05, 0.1) is 11.5 Å². The summed E-state index contributed by atoms with van der Waals surface area (Å²) in [6, 6.07) is 10.4. The predicted octanol–water partition coefficient (Wildman–Crippen LogP) is 2.99. The van der Waals surface area contributed by atoms with E-state index in [1.807, 2.05) is 0 Å². The molecule has 0 heterocycles. The molecule has 21 heavy (non-hydrogen) atoms. The van der Waals surface area contributed by atoms with Gasteiger partial charge in [-0.15, -0.1) is 0 Å². The molecule has 0 saturated carbocycles. The van der Waals surface area contributed by atoms with Crippen LogP contribution in [0.5, 0.6) is 0 Å². The number of hydrogen-bond donors (Lipinski definition) is 2. The van der Waals surface area contributed by atoms with Crippen LogP contribution >= 0.6 is 11.6 Å². The molecule has 0 aliphatic rings. The lowest BCUT2D eigenvalue weighted by Gasteiger charge is -2.09. The minimum atomic E-state index is -0.621. The maximum Gasteiger partial charge on any atom is 0.271 e. The van der Waals surface area contributed by atoms with Crippen LogP contribution in [-0.4, -0.2) is 15.9 Å². The van der Waals surface area contributed by atoms with Crippen molar-refractivity contribution in [1.29, 1.82) is 0 Å². The molecule has 6 nitrogen and oxygen atoms in total. The number of nitrogens with zero attached hydrogens (tertiary/aromatic N) is 1. The van der Waals surface area contributed by atoms with Crippen LogP contribution in [0.3, 0.4) is 0 Å². The van der Waals surface area contributed by atoms with E-state index in [1.54, 1.807) is 24.3 Å². The van der Waals surface area contributed by atoms with Crippen LogP contribution in [-0.2, 0) is 6.61 Å². The second kappa shape index (κ2) is 6.34. The smallest absolute Gasteiger partial charge is 0.271 e. The number of non-ortho nitro benzene ring substituents is 1. The third kappa shape index (κ3) is 3.56. The molecule has 108 valence electrons. The lowest BCUT2D eigenvalue weighted by atomic mass is 10.1. The van der Waals surface area contributed by atoms with Crippen LogP contribution in [0.4, 0.5) is 11.4 Å². The van der Waals surface area contributed by atoms with Crippen molar-refractivity contribution in [3.05, 3.63) is 68.7 Å². The average molecular weight is 307 g/mol. The molecule has 0 bridgehead atoms. The van der Waals surface area contributed by atoms with Crippen molar-refractivity contribution in [3.63, 3.8) is 0 Å². The van der Waals surface area contributed by atoms with Crippen molar-refractivity contribution >= 4 is 28.9 Å². The molecule has 0 aromatic heterocycles. The minimum Gasteiger partial charge on any atom is -0.392 e. The normalized spacial score (nSPS) is 10.2. The van der Waals surface area contributed by atoms with Crippen LogP contribution < -0.4 is 5.32 Å². The standard InChI is InChI=1S/C14H11ClN2O4/c15-11-5-10(6-12(7-11)17(20)21)14(19)16-13-4-2-1-3-9(13)8-18/h1-7,18H,8H2,(H,16,19). The minimum absolute atomic E-state index is 0.0712. The Morgan fingerprint density at radius 2 is 2.00 bits per heavy atom. The second-order valence-electron chi connectivity index (χ2n) is 4.22. The average Bonchev–Trinajstić information content (AvgIpc) is 2.47. The number of carbonyl (C=O) groups excluding carboxylic acids is 1. The van der Waals surface area contributed by atoms with E-state index in [0.717, 1.165) is 6.07 Å². The number of nitrogens with one attached hydrogen (secondary N) is 1. The van der Waals surface area contributed by atoms with Gasteiger partial charge in [-0.1, -0.05) is 29.8 Å². The highest BCUT2D eigenvalue weighted by Gasteiger charge is 2.15. The van der Waals surface area contributed by atoms with Gasteiger partial charge in [0.1, 0.15) is 0 Å². The number of nitro benzene ring substituents is 1. The van der Waals surface area contributed by atoms with Crippen LogP contribution in [0, 0.1) is 10.1 Å². The van der Waals surface area contributed by atoms with E-state index in [9.17, 15) is 20.0 Å². The maximum atomic E-state index is 12.1. The van der Waals surface area contributed by atoms with Crippen molar-refractivity contribution in [2.24, 2.45) is 0 Å². The Labute approximate surface area is 125 Å². The first-order valence-corrected chi connectivity index (χ1v) is 6.34. The summed E-state index contributed by atoms with van der Waals surface area (Å²) in [5.41, 5.74) is 0.792. The molecule has 0 unspecified atom stereocenters. The fourth-order valence-corrected chi connectivity index (χ4v) is 2.01. The van der Waals surface area contributed by atoms with Crippen LogP contribution in [0.25, 0.3) is 0 Å².